The number of hydrogen-bond acceptors (Lipinski definition) is 4. The smallest absolute Gasteiger partial charge is 0.416 e. The second kappa shape index (κ2) is 7.73. The van der Waals surface area contributed by atoms with E-state index in [4.69, 9.17) is 4.74 Å². The second-order valence-corrected chi connectivity index (χ2v) is 9.04. The number of aromatic nitrogens is 2. The van der Waals surface area contributed by atoms with Crippen LogP contribution in [0.15, 0.2) is 71.6 Å². The van der Waals surface area contributed by atoms with E-state index < -0.39 is 21.6 Å². The molecule has 1 N–H and O–H groups in total. The van der Waals surface area contributed by atoms with Crippen LogP contribution in [0.4, 0.5) is 13.2 Å². The molecule has 0 aliphatic heterocycles. The number of alkyl halides is 3. The predicted octanol–water partition coefficient (Wildman–Crippen LogP) is 5.23. The van der Waals surface area contributed by atoms with Gasteiger partial charge in [-0.2, -0.15) is 13.2 Å². The van der Waals surface area contributed by atoms with Gasteiger partial charge in [0.05, 0.1) is 21.5 Å². The standard InChI is InChI=1S/C22H17F3N2O3S/c1-31(28,29)18-9-2-14(3-10-18)15-4-11-19-20(12-15)27-21(26-19)13-30-17-7-5-16(6-8-17)22(23,24)25/h2-12H,13H2,1H3,(H,26,27). The Balaban J connectivity index is 1.50. The van der Waals surface area contributed by atoms with Gasteiger partial charge in [-0.15, -0.1) is 0 Å². The molecule has 1 heterocycles. The minimum atomic E-state index is -4.39. The van der Waals surface area contributed by atoms with Crippen LogP contribution in [0, 0.1) is 0 Å². The molecular weight excluding hydrogens is 429 g/mol. The summed E-state index contributed by atoms with van der Waals surface area (Å²) in [4.78, 5) is 7.83. The number of nitrogens with zero attached hydrogens (tertiary/aromatic N) is 1. The maximum Gasteiger partial charge on any atom is 0.416 e. The predicted molar refractivity (Wildman–Crippen MR) is 110 cm³/mol. The quantitative estimate of drug-likeness (QED) is 0.456. The van der Waals surface area contributed by atoms with Crippen molar-refractivity contribution < 1.29 is 26.3 Å². The Morgan fingerprint density at radius 2 is 1.58 bits per heavy atom. The Hall–Kier alpha value is -3.33. The lowest BCUT2D eigenvalue weighted by Gasteiger charge is -2.08. The van der Waals surface area contributed by atoms with Gasteiger partial charge in [-0.25, -0.2) is 13.4 Å². The highest BCUT2D eigenvalue weighted by atomic mass is 32.2. The van der Waals surface area contributed by atoms with Crippen molar-refractivity contribution in [2.75, 3.05) is 6.26 Å². The molecule has 31 heavy (non-hydrogen) atoms. The van der Waals surface area contributed by atoms with E-state index in [0.717, 1.165) is 35.0 Å². The Labute approximate surface area is 176 Å². The van der Waals surface area contributed by atoms with Crippen molar-refractivity contribution in [3.05, 3.63) is 78.1 Å². The van der Waals surface area contributed by atoms with E-state index in [1.54, 1.807) is 24.3 Å². The van der Waals surface area contributed by atoms with Crippen molar-refractivity contribution in [1.82, 2.24) is 9.97 Å². The van der Waals surface area contributed by atoms with Gasteiger partial charge in [0.25, 0.3) is 0 Å². The molecule has 1 aromatic heterocycles. The summed E-state index contributed by atoms with van der Waals surface area (Å²) in [6, 6.07) is 16.7. The van der Waals surface area contributed by atoms with E-state index in [1.165, 1.54) is 12.1 Å². The summed E-state index contributed by atoms with van der Waals surface area (Å²) in [5.41, 5.74) is 2.45. The Morgan fingerprint density at radius 1 is 0.935 bits per heavy atom. The van der Waals surface area contributed by atoms with Gasteiger partial charge >= 0.3 is 6.18 Å². The fourth-order valence-electron chi connectivity index (χ4n) is 3.09. The summed E-state index contributed by atoms with van der Waals surface area (Å²) in [5.74, 6) is 0.833. The highest BCUT2D eigenvalue weighted by Crippen LogP contribution is 2.30. The largest absolute Gasteiger partial charge is 0.486 e. The molecule has 0 atom stereocenters. The fraction of sp³-hybridized carbons (Fsp3) is 0.136. The van der Waals surface area contributed by atoms with Crippen LogP contribution >= 0.6 is 0 Å². The molecule has 0 amide bonds. The Morgan fingerprint density at radius 3 is 2.19 bits per heavy atom. The highest BCUT2D eigenvalue weighted by Gasteiger charge is 2.30. The molecule has 4 aromatic rings. The number of benzene rings is 3. The van der Waals surface area contributed by atoms with E-state index in [0.29, 0.717) is 17.1 Å². The molecule has 0 saturated carbocycles. The Kier molecular flexibility index (Phi) is 5.22. The third-order valence-electron chi connectivity index (χ3n) is 4.71. The molecule has 0 aliphatic carbocycles. The van der Waals surface area contributed by atoms with Crippen LogP contribution in [0.3, 0.4) is 0 Å². The molecule has 160 valence electrons. The van der Waals surface area contributed by atoms with Gasteiger partial charge in [0, 0.05) is 6.26 Å². The number of sulfone groups is 1. The van der Waals surface area contributed by atoms with Crippen LogP contribution in [0.1, 0.15) is 11.4 Å². The number of ether oxygens (including phenoxy) is 1. The fourth-order valence-corrected chi connectivity index (χ4v) is 3.72. The highest BCUT2D eigenvalue weighted by molar-refractivity contribution is 7.90. The first kappa shape index (κ1) is 20.9. The van der Waals surface area contributed by atoms with Crippen LogP contribution in [0.5, 0.6) is 5.75 Å². The lowest BCUT2D eigenvalue weighted by molar-refractivity contribution is -0.137. The molecule has 9 heteroatoms. The van der Waals surface area contributed by atoms with Gasteiger partial charge in [0.15, 0.2) is 9.84 Å². The topological polar surface area (TPSA) is 72.0 Å². The molecule has 5 nitrogen and oxygen atoms in total. The van der Waals surface area contributed by atoms with E-state index in [1.807, 2.05) is 18.2 Å². The van der Waals surface area contributed by atoms with Gasteiger partial charge in [-0.1, -0.05) is 18.2 Å². The number of hydrogen-bond donors (Lipinski definition) is 1. The molecule has 0 saturated heterocycles. The Bertz CT molecular complexity index is 1330. The monoisotopic (exact) mass is 446 g/mol. The summed E-state index contributed by atoms with van der Waals surface area (Å²) >= 11 is 0. The zero-order valence-electron chi connectivity index (χ0n) is 16.3. The molecule has 0 spiro atoms. The van der Waals surface area contributed by atoms with Crippen LogP contribution in [0.2, 0.25) is 0 Å². The number of halogens is 3. The third kappa shape index (κ3) is 4.72. The van der Waals surface area contributed by atoms with E-state index in [2.05, 4.69) is 9.97 Å². The summed E-state index contributed by atoms with van der Waals surface area (Å²) in [5, 5.41) is 0. The van der Waals surface area contributed by atoms with Crippen molar-refractivity contribution in [2.24, 2.45) is 0 Å². The zero-order valence-corrected chi connectivity index (χ0v) is 17.1. The van der Waals surface area contributed by atoms with Crippen LogP contribution in [-0.4, -0.2) is 24.6 Å². The van der Waals surface area contributed by atoms with Crippen LogP contribution < -0.4 is 4.74 Å². The van der Waals surface area contributed by atoms with E-state index in [9.17, 15) is 21.6 Å². The molecular formula is C22H17F3N2O3S. The van der Waals surface area contributed by atoms with Gasteiger partial charge in [0.2, 0.25) is 0 Å². The summed E-state index contributed by atoms with van der Waals surface area (Å²) < 4.78 is 66.6. The minimum absolute atomic E-state index is 0.0679. The lowest BCUT2D eigenvalue weighted by Crippen LogP contribution is -2.04. The SMILES string of the molecule is CS(=O)(=O)c1ccc(-c2ccc3[nH]c(COc4ccc(C(F)(F)F)cc4)nc3c2)cc1. The van der Waals surface area contributed by atoms with Gasteiger partial charge in [0.1, 0.15) is 18.2 Å². The summed E-state index contributed by atoms with van der Waals surface area (Å²) in [6.45, 7) is 0.0679. The average Bonchev–Trinajstić information content (AvgIpc) is 3.13. The lowest BCUT2D eigenvalue weighted by atomic mass is 10.1. The van der Waals surface area contributed by atoms with Gasteiger partial charge < -0.3 is 9.72 Å². The van der Waals surface area contributed by atoms with Crippen molar-refractivity contribution in [1.29, 1.82) is 0 Å². The second-order valence-electron chi connectivity index (χ2n) is 7.02. The molecule has 0 unspecified atom stereocenters. The normalized spacial score (nSPS) is 12.3. The van der Waals surface area contributed by atoms with E-state index >= 15 is 0 Å². The number of H-pyrrole nitrogens is 1. The molecule has 0 radical (unpaired) electrons. The zero-order chi connectivity index (χ0) is 22.2. The molecule has 0 aliphatic rings. The number of aromatic amines is 1. The maximum atomic E-state index is 12.6. The third-order valence-corrected chi connectivity index (χ3v) is 5.83. The van der Waals surface area contributed by atoms with Crippen molar-refractivity contribution in [3.63, 3.8) is 0 Å². The number of imidazole rings is 1. The van der Waals surface area contributed by atoms with Crippen LogP contribution in [0.25, 0.3) is 22.2 Å². The number of fused-ring (bicyclic) bond motifs is 1. The molecule has 0 fully saturated rings. The number of nitrogens with one attached hydrogen (secondary N) is 1. The van der Waals surface area contributed by atoms with Gasteiger partial charge in [-0.3, -0.25) is 0 Å². The summed E-state index contributed by atoms with van der Waals surface area (Å²) in [7, 11) is -3.26. The first-order chi connectivity index (χ1) is 14.6. The van der Waals surface area contributed by atoms with Crippen molar-refractivity contribution >= 4 is 20.9 Å². The van der Waals surface area contributed by atoms with Crippen molar-refractivity contribution in [2.45, 2.75) is 17.7 Å². The van der Waals surface area contributed by atoms with Crippen molar-refractivity contribution in [3.8, 4) is 16.9 Å². The number of rotatable bonds is 5. The van der Waals surface area contributed by atoms with E-state index in [-0.39, 0.29) is 11.5 Å². The summed E-state index contributed by atoms with van der Waals surface area (Å²) in [6.07, 6.45) is -3.23. The molecule has 0 bridgehead atoms. The first-order valence-corrected chi connectivity index (χ1v) is 11.1. The van der Waals surface area contributed by atoms with Gasteiger partial charge in [-0.05, 0) is 59.7 Å². The minimum Gasteiger partial charge on any atom is -0.486 e. The maximum absolute atomic E-state index is 12.6. The first-order valence-electron chi connectivity index (χ1n) is 9.19. The molecule has 3 aromatic carbocycles. The van der Waals surface area contributed by atoms with Crippen LogP contribution in [-0.2, 0) is 22.6 Å². The average molecular weight is 446 g/mol. The molecule has 4 rings (SSSR count).